The molecule has 0 unspecified atom stereocenters. The molecule has 0 fully saturated rings. The van der Waals surface area contributed by atoms with E-state index in [4.69, 9.17) is 0 Å². The van der Waals surface area contributed by atoms with Crippen molar-refractivity contribution in [3.8, 4) is 6.07 Å². The van der Waals surface area contributed by atoms with Crippen molar-refractivity contribution in [2.75, 3.05) is 0 Å². The maximum absolute atomic E-state index is 12.8. The highest BCUT2D eigenvalue weighted by molar-refractivity contribution is 6.08. The number of rotatable bonds is 3. The number of pyridine rings is 1. The molecular weight excluding hydrogens is 314 g/mol. The second kappa shape index (κ2) is 5.77. The van der Waals surface area contributed by atoms with Crippen LogP contribution in [0.25, 0.3) is 21.8 Å². The summed E-state index contributed by atoms with van der Waals surface area (Å²) >= 11 is 0. The van der Waals surface area contributed by atoms with Gasteiger partial charge in [-0.05, 0) is 18.2 Å². The van der Waals surface area contributed by atoms with Gasteiger partial charge < -0.3 is 9.55 Å². The third-order valence-corrected chi connectivity index (χ3v) is 4.31. The molecule has 0 aliphatic carbocycles. The number of hydrogen-bond acceptors (Lipinski definition) is 3. The SMILES string of the molecule is N#Cc1cn(CC(=O)c2c[nH]c3ccccc23)c2ccccc2c1=O. The van der Waals surface area contributed by atoms with Gasteiger partial charge in [0.25, 0.3) is 0 Å². The van der Waals surface area contributed by atoms with Gasteiger partial charge in [0.15, 0.2) is 5.78 Å². The average Bonchev–Trinajstić information content (AvgIpc) is 3.08. The fraction of sp³-hybridized carbons (Fsp3) is 0.0500. The summed E-state index contributed by atoms with van der Waals surface area (Å²) in [6.45, 7) is 0.0529. The molecule has 2 aromatic carbocycles. The molecule has 0 saturated heterocycles. The van der Waals surface area contributed by atoms with Gasteiger partial charge in [-0.25, -0.2) is 0 Å². The molecule has 25 heavy (non-hydrogen) atoms. The minimum absolute atomic E-state index is 0.0328. The molecule has 5 nitrogen and oxygen atoms in total. The van der Waals surface area contributed by atoms with Crippen molar-refractivity contribution >= 4 is 27.6 Å². The number of carbonyl (C=O) groups excluding carboxylic acids is 1. The first-order valence-electron chi connectivity index (χ1n) is 7.80. The lowest BCUT2D eigenvalue weighted by atomic mass is 10.1. The molecule has 0 bridgehead atoms. The van der Waals surface area contributed by atoms with Crippen LogP contribution in [-0.4, -0.2) is 15.3 Å². The third-order valence-electron chi connectivity index (χ3n) is 4.31. The van der Waals surface area contributed by atoms with Crippen LogP contribution in [0.15, 0.2) is 65.7 Å². The van der Waals surface area contributed by atoms with Crippen LogP contribution in [0, 0.1) is 11.3 Å². The summed E-state index contributed by atoms with van der Waals surface area (Å²) < 4.78 is 1.67. The van der Waals surface area contributed by atoms with Crippen LogP contribution in [0.2, 0.25) is 0 Å². The number of benzene rings is 2. The van der Waals surface area contributed by atoms with Crippen LogP contribution in [-0.2, 0) is 6.54 Å². The minimum atomic E-state index is -0.311. The summed E-state index contributed by atoms with van der Waals surface area (Å²) in [5.74, 6) is -0.0878. The molecule has 4 rings (SSSR count). The van der Waals surface area contributed by atoms with Crippen molar-refractivity contribution in [3.63, 3.8) is 0 Å². The van der Waals surface area contributed by atoms with Crippen molar-refractivity contribution in [2.24, 2.45) is 0 Å². The van der Waals surface area contributed by atoms with Crippen LogP contribution in [0.5, 0.6) is 0 Å². The Hall–Kier alpha value is -3.65. The number of hydrogen-bond donors (Lipinski definition) is 1. The molecule has 2 heterocycles. The van der Waals surface area contributed by atoms with E-state index in [-0.39, 0.29) is 23.3 Å². The van der Waals surface area contributed by atoms with Crippen molar-refractivity contribution in [1.82, 2.24) is 9.55 Å². The number of carbonyl (C=O) groups is 1. The van der Waals surface area contributed by atoms with Crippen LogP contribution in [0.1, 0.15) is 15.9 Å². The van der Waals surface area contributed by atoms with Gasteiger partial charge in [0, 0.05) is 34.2 Å². The maximum atomic E-state index is 12.8. The Morgan fingerprint density at radius 3 is 2.60 bits per heavy atom. The van der Waals surface area contributed by atoms with E-state index >= 15 is 0 Å². The van der Waals surface area contributed by atoms with Gasteiger partial charge in [-0.15, -0.1) is 0 Å². The Labute approximate surface area is 142 Å². The first kappa shape index (κ1) is 14.9. The Kier molecular flexibility index (Phi) is 3.44. The minimum Gasteiger partial charge on any atom is -0.360 e. The molecule has 4 aromatic rings. The van der Waals surface area contributed by atoms with Crippen LogP contribution in [0.4, 0.5) is 0 Å². The number of nitrogens with zero attached hydrogens (tertiary/aromatic N) is 2. The lowest BCUT2D eigenvalue weighted by Crippen LogP contribution is -2.17. The first-order valence-corrected chi connectivity index (χ1v) is 7.80. The molecule has 0 radical (unpaired) electrons. The van der Waals surface area contributed by atoms with Gasteiger partial charge in [0.2, 0.25) is 5.43 Å². The van der Waals surface area contributed by atoms with Gasteiger partial charge >= 0.3 is 0 Å². The van der Waals surface area contributed by atoms with E-state index < -0.39 is 0 Å². The fourth-order valence-electron chi connectivity index (χ4n) is 3.10. The van der Waals surface area contributed by atoms with E-state index in [0.29, 0.717) is 16.5 Å². The molecule has 0 spiro atoms. The Bertz CT molecular complexity index is 1230. The predicted octanol–water partition coefficient (Wildman–Crippen LogP) is 3.24. The van der Waals surface area contributed by atoms with Crippen LogP contribution >= 0.6 is 0 Å². The molecule has 0 amide bonds. The lowest BCUT2D eigenvalue weighted by molar-refractivity contribution is 0.0975. The van der Waals surface area contributed by atoms with E-state index in [1.807, 2.05) is 30.3 Å². The summed E-state index contributed by atoms with van der Waals surface area (Å²) in [5, 5.41) is 10.5. The van der Waals surface area contributed by atoms with E-state index in [1.165, 1.54) is 6.20 Å². The molecule has 0 aliphatic heterocycles. The van der Waals surface area contributed by atoms with Gasteiger partial charge in [0.1, 0.15) is 11.6 Å². The highest BCUT2D eigenvalue weighted by Crippen LogP contribution is 2.20. The highest BCUT2D eigenvalue weighted by Gasteiger charge is 2.15. The molecule has 0 aliphatic rings. The zero-order chi connectivity index (χ0) is 17.4. The van der Waals surface area contributed by atoms with Gasteiger partial charge in [-0.3, -0.25) is 9.59 Å². The Morgan fingerprint density at radius 1 is 1.08 bits per heavy atom. The second-order valence-corrected chi connectivity index (χ2v) is 5.80. The quantitative estimate of drug-likeness (QED) is 0.587. The van der Waals surface area contributed by atoms with Gasteiger partial charge in [-0.1, -0.05) is 30.3 Å². The van der Waals surface area contributed by atoms with E-state index in [2.05, 4.69) is 4.98 Å². The summed E-state index contributed by atoms with van der Waals surface area (Å²) in [4.78, 5) is 28.2. The standard InChI is InChI=1S/C20H13N3O2/c21-9-13-11-23(18-8-4-2-6-15(18)20(13)25)12-19(24)16-10-22-17-7-3-1-5-14(16)17/h1-8,10-11,22H,12H2. The van der Waals surface area contributed by atoms with Crippen LogP contribution in [0.3, 0.4) is 0 Å². The van der Waals surface area contributed by atoms with Crippen molar-refractivity contribution in [2.45, 2.75) is 6.54 Å². The normalized spacial score (nSPS) is 10.8. The summed E-state index contributed by atoms with van der Waals surface area (Å²) in [6, 6.07) is 16.5. The van der Waals surface area contributed by atoms with Gasteiger partial charge in [-0.2, -0.15) is 5.26 Å². The van der Waals surface area contributed by atoms with Crippen molar-refractivity contribution < 1.29 is 4.79 Å². The zero-order valence-electron chi connectivity index (χ0n) is 13.2. The number of aromatic amines is 1. The number of nitriles is 1. The van der Waals surface area contributed by atoms with E-state index in [1.54, 1.807) is 35.0 Å². The molecule has 0 atom stereocenters. The Morgan fingerprint density at radius 2 is 1.80 bits per heavy atom. The predicted molar refractivity (Wildman–Crippen MR) is 95.6 cm³/mol. The number of H-pyrrole nitrogens is 1. The summed E-state index contributed by atoms with van der Waals surface area (Å²) in [6.07, 6.45) is 3.15. The molecule has 0 saturated carbocycles. The third kappa shape index (κ3) is 2.41. The number of fused-ring (bicyclic) bond motifs is 2. The second-order valence-electron chi connectivity index (χ2n) is 5.80. The largest absolute Gasteiger partial charge is 0.360 e. The summed E-state index contributed by atoms with van der Waals surface area (Å²) in [5.41, 5.74) is 1.85. The number of ketones is 1. The zero-order valence-corrected chi connectivity index (χ0v) is 13.2. The number of para-hydroxylation sites is 2. The first-order chi connectivity index (χ1) is 12.2. The molecule has 2 aromatic heterocycles. The van der Waals surface area contributed by atoms with Gasteiger partial charge in [0.05, 0.1) is 12.1 Å². The lowest BCUT2D eigenvalue weighted by Gasteiger charge is -2.10. The average molecular weight is 327 g/mol. The number of Topliss-reactive ketones (excluding diaryl/α,β-unsaturated/α-hetero) is 1. The topological polar surface area (TPSA) is 78.7 Å². The molecule has 120 valence electrons. The molecule has 1 N–H and O–H groups in total. The number of nitrogens with one attached hydrogen (secondary N) is 1. The van der Waals surface area contributed by atoms with E-state index in [0.717, 1.165) is 10.9 Å². The smallest absolute Gasteiger partial charge is 0.207 e. The fourth-order valence-corrected chi connectivity index (χ4v) is 3.10. The molecule has 5 heteroatoms. The number of aromatic nitrogens is 2. The monoisotopic (exact) mass is 327 g/mol. The molecular formula is C20H13N3O2. The Balaban J connectivity index is 1.83. The maximum Gasteiger partial charge on any atom is 0.207 e. The van der Waals surface area contributed by atoms with Crippen LogP contribution < -0.4 is 5.43 Å². The van der Waals surface area contributed by atoms with Crippen molar-refractivity contribution in [3.05, 3.63) is 82.3 Å². The summed E-state index contributed by atoms with van der Waals surface area (Å²) in [7, 11) is 0. The van der Waals surface area contributed by atoms with E-state index in [9.17, 15) is 14.9 Å². The highest BCUT2D eigenvalue weighted by atomic mass is 16.1. The van der Waals surface area contributed by atoms with Crippen molar-refractivity contribution in [1.29, 1.82) is 5.26 Å².